The predicted molar refractivity (Wildman–Crippen MR) is 90.6 cm³/mol. The van der Waals surface area contributed by atoms with Crippen molar-refractivity contribution in [2.75, 3.05) is 25.0 Å². The van der Waals surface area contributed by atoms with E-state index in [0.29, 0.717) is 13.1 Å². The number of hydrogen-bond acceptors (Lipinski definition) is 3. The van der Waals surface area contributed by atoms with Crippen molar-refractivity contribution in [2.45, 2.75) is 26.3 Å². The molecular weight excluding hydrogens is 290 g/mol. The van der Waals surface area contributed by atoms with Crippen LogP contribution in [0.25, 0.3) is 0 Å². The molecule has 0 unspecified atom stereocenters. The van der Waals surface area contributed by atoms with Crippen LogP contribution in [0.5, 0.6) is 0 Å². The first-order valence-electron chi connectivity index (χ1n) is 7.88. The quantitative estimate of drug-likeness (QED) is 0.812. The Balaban J connectivity index is 1.81. The van der Waals surface area contributed by atoms with Gasteiger partial charge in [0.1, 0.15) is 0 Å². The van der Waals surface area contributed by atoms with E-state index in [1.165, 1.54) is 6.92 Å². The highest BCUT2D eigenvalue weighted by Crippen LogP contribution is 2.17. The highest BCUT2D eigenvalue weighted by atomic mass is 16.2. The zero-order valence-corrected chi connectivity index (χ0v) is 13.5. The lowest BCUT2D eigenvalue weighted by atomic mass is 9.96. The SMILES string of the molecule is C#CCN1CCC(C(=O)NCc2cccc(NC(C)=O)c2)CC1. The first-order chi connectivity index (χ1) is 11.1. The molecule has 1 fully saturated rings. The Morgan fingerprint density at radius 2 is 2.09 bits per heavy atom. The molecule has 5 heteroatoms. The lowest BCUT2D eigenvalue weighted by Crippen LogP contribution is -2.40. The number of nitrogens with one attached hydrogen (secondary N) is 2. The van der Waals surface area contributed by atoms with Crippen molar-refractivity contribution in [3.63, 3.8) is 0 Å². The van der Waals surface area contributed by atoms with Crippen LogP contribution in [0.4, 0.5) is 5.69 Å². The van der Waals surface area contributed by atoms with Crippen molar-refractivity contribution in [1.29, 1.82) is 0 Å². The molecule has 1 aromatic carbocycles. The second-order valence-electron chi connectivity index (χ2n) is 5.85. The topological polar surface area (TPSA) is 61.4 Å². The summed E-state index contributed by atoms with van der Waals surface area (Å²) in [5.74, 6) is 2.69. The first-order valence-corrected chi connectivity index (χ1v) is 7.88. The highest BCUT2D eigenvalue weighted by molar-refractivity contribution is 5.88. The normalized spacial score (nSPS) is 15.7. The molecule has 1 aromatic rings. The van der Waals surface area contributed by atoms with Crippen LogP contribution in [0.15, 0.2) is 24.3 Å². The van der Waals surface area contributed by atoms with Crippen LogP contribution in [0.1, 0.15) is 25.3 Å². The molecule has 0 aromatic heterocycles. The van der Waals surface area contributed by atoms with Gasteiger partial charge in [0, 0.05) is 25.1 Å². The molecule has 0 bridgehead atoms. The molecule has 2 amide bonds. The largest absolute Gasteiger partial charge is 0.352 e. The van der Waals surface area contributed by atoms with Crippen molar-refractivity contribution in [3.05, 3.63) is 29.8 Å². The summed E-state index contributed by atoms with van der Waals surface area (Å²) < 4.78 is 0. The van der Waals surface area contributed by atoms with Gasteiger partial charge in [0.25, 0.3) is 0 Å². The molecule has 1 aliphatic rings. The van der Waals surface area contributed by atoms with Gasteiger partial charge in [-0.15, -0.1) is 6.42 Å². The summed E-state index contributed by atoms with van der Waals surface area (Å²) in [6.45, 7) is 4.35. The van der Waals surface area contributed by atoms with Gasteiger partial charge < -0.3 is 10.6 Å². The molecule has 1 saturated heterocycles. The van der Waals surface area contributed by atoms with Crippen molar-refractivity contribution in [1.82, 2.24) is 10.2 Å². The number of benzene rings is 1. The first kappa shape index (κ1) is 17.0. The zero-order valence-electron chi connectivity index (χ0n) is 13.5. The van der Waals surface area contributed by atoms with Crippen molar-refractivity contribution in [3.8, 4) is 12.3 Å². The summed E-state index contributed by atoms with van der Waals surface area (Å²) in [5, 5.41) is 5.73. The minimum absolute atomic E-state index is 0.0579. The van der Waals surface area contributed by atoms with Gasteiger partial charge in [-0.3, -0.25) is 14.5 Å². The molecule has 0 atom stereocenters. The number of hydrogen-bond donors (Lipinski definition) is 2. The molecule has 0 saturated carbocycles. The van der Waals surface area contributed by atoms with Crippen LogP contribution >= 0.6 is 0 Å². The Bertz CT molecular complexity index is 599. The number of likely N-dealkylation sites (tertiary alicyclic amines) is 1. The average Bonchev–Trinajstić information content (AvgIpc) is 2.53. The molecule has 5 nitrogen and oxygen atoms in total. The van der Waals surface area contributed by atoms with Crippen LogP contribution in [-0.2, 0) is 16.1 Å². The van der Waals surface area contributed by atoms with Gasteiger partial charge in [-0.25, -0.2) is 0 Å². The highest BCUT2D eigenvalue weighted by Gasteiger charge is 2.24. The molecular formula is C18H23N3O2. The van der Waals surface area contributed by atoms with Crippen LogP contribution in [0.3, 0.4) is 0 Å². The third-order valence-electron chi connectivity index (χ3n) is 3.99. The Morgan fingerprint density at radius 1 is 1.35 bits per heavy atom. The number of rotatable bonds is 5. The van der Waals surface area contributed by atoms with Crippen LogP contribution < -0.4 is 10.6 Å². The summed E-state index contributed by atoms with van der Waals surface area (Å²) in [7, 11) is 0. The fourth-order valence-electron chi connectivity index (χ4n) is 2.78. The maximum absolute atomic E-state index is 12.3. The van der Waals surface area contributed by atoms with Crippen LogP contribution in [0.2, 0.25) is 0 Å². The zero-order chi connectivity index (χ0) is 16.7. The maximum atomic E-state index is 12.3. The average molecular weight is 313 g/mol. The molecule has 2 N–H and O–H groups in total. The third-order valence-corrected chi connectivity index (χ3v) is 3.99. The van der Waals surface area contributed by atoms with Gasteiger partial charge in [-0.05, 0) is 43.6 Å². The Kier molecular flexibility index (Phi) is 6.19. The molecule has 23 heavy (non-hydrogen) atoms. The number of carbonyl (C=O) groups is 2. The van der Waals surface area contributed by atoms with Gasteiger partial charge in [0.05, 0.1) is 6.54 Å². The standard InChI is InChI=1S/C18H23N3O2/c1-3-9-21-10-7-16(8-11-21)18(23)19-13-15-5-4-6-17(12-15)20-14(2)22/h1,4-6,12,16H,7-11,13H2,2H3,(H,19,23)(H,20,22). The lowest BCUT2D eigenvalue weighted by Gasteiger charge is -2.29. The molecule has 0 radical (unpaired) electrons. The Hall–Kier alpha value is -2.32. The maximum Gasteiger partial charge on any atom is 0.223 e. The van der Waals surface area contributed by atoms with E-state index in [0.717, 1.165) is 37.2 Å². The molecule has 1 heterocycles. The lowest BCUT2D eigenvalue weighted by molar-refractivity contribution is -0.126. The van der Waals surface area contributed by atoms with Crippen molar-refractivity contribution >= 4 is 17.5 Å². The number of nitrogens with zero attached hydrogens (tertiary/aromatic N) is 1. The molecule has 0 aliphatic carbocycles. The van der Waals surface area contributed by atoms with E-state index in [1.54, 1.807) is 0 Å². The van der Waals surface area contributed by atoms with Gasteiger partial charge in [-0.2, -0.15) is 0 Å². The Morgan fingerprint density at radius 3 is 2.74 bits per heavy atom. The van der Waals surface area contributed by atoms with Gasteiger partial charge in [0.2, 0.25) is 11.8 Å². The van der Waals surface area contributed by atoms with E-state index in [9.17, 15) is 9.59 Å². The second kappa shape index (κ2) is 8.35. The number of amides is 2. The number of anilines is 1. The summed E-state index contributed by atoms with van der Waals surface area (Å²) in [4.78, 5) is 25.5. The fourth-order valence-corrected chi connectivity index (χ4v) is 2.78. The summed E-state index contributed by atoms with van der Waals surface area (Å²) in [6, 6.07) is 7.50. The van der Waals surface area contributed by atoms with Gasteiger partial charge in [0.15, 0.2) is 0 Å². The fraction of sp³-hybridized carbons (Fsp3) is 0.444. The van der Waals surface area contributed by atoms with Crippen LogP contribution in [-0.4, -0.2) is 36.3 Å². The monoisotopic (exact) mass is 313 g/mol. The smallest absolute Gasteiger partial charge is 0.223 e. The van der Waals surface area contributed by atoms with Crippen molar-refractivity contribution < 1.29 is 9.59 Å². The van der Waals surface area contributed by atoms with Crippen LogP contribution in [0, 0.1) is 18.3 Å². The van der Waals surface area contributed by atoms with E-state index in [1.807, 2.05) is 24.3 Å². The molecule has 122 valence electrons. The minimum Gasteiger partial charge on any atom is -0.352 e. The Labute approximate surface area is 137 Å². The van der Waals surface area contributed by atoms with Crippen molar-refractivity contribution in [2.24, 2.45) is 5.92 Å². The molecule has 0 spiro atoms. The number of carbonyl (C=O) groups excluding carboxylic acids is 2. The third kappa shape index (κ3) is 5.42. The molecule has 2 rings (SSSR count). The second-order valence-corrected chi connectivity index (χ2v) is 5.85. The molecule has 1 aliphatic heterocycles. The van der Waals surface area contributed by atoms with Gasteiger partial charge >= 0.3 is 0 Å². The number of terminal acetylenes is 1. The van der Waals surface area contributed by atoms with E-state index >= 15 is 0 Å². The van der Waals surface area contributed by atoms with E-state index in [2.05, 4.69) is 21.5 Å². The summed E-state index contributed by atoms with van der Waals surface area (Å²) in [5.41, 5.74) is 1.71. The summed E-state index contributed by atoms with van der Waals surface area (Å²) in [6.07, 6.45) is 7.00. The van der Waals surface area contributed by atoms with E-state index in [-0.39, 0.29) is 17.7 Å². The minimum atomic E-state index is -0.107. The van der Waals surface area contributed by atoms with E-state index < -0.39 is 0 Å². The van der Waals surface area contributed by atoms with E-state index in [4.69, 9.17) is 6.42 Å². The number of piperidine rings is 1. The summed E-state index contributed by atoms with van der Waals surface area (Å²) >= 11 is 0. The predicted octanol–water partition coefficient (Wildman–Crippen LogP) is 1.61. The van der Waals surface area contributed by atoms with Gasteiger partial charge in [-0.1, -0.05) is 18.1 Å².